The Morgan fingerprint density at radius 3 is 2.56 bits per heavy atom. The minimum atomic E-state index is -4.79. The molecular weight excluding hydrogens is 383 g/mol. The monoisotopic (exact) mass is 397 g/mol. The van der Waals surface area contributed by atoms with E-state index < -0.39 is 24.1 Å². The fourth-order valence-electron chi connectivity index (χ4n) is 2.29. The molecule has 1 atom stereocenters. The normalized spacial score (nSPS) is 12.6. The molecule has 2 N–H and O–H groups in total. The van der Waals surface area contributed by atoms with Gasteiger partial charge in [0.25, 0.3) is 5.91 Å². The first-order valence-corrected chi connectivity index (χ1v) is 8.70. The molecule has 9 heteroatoms. The number of furan rings is 1. The maximum atomic E-state index is 12.1. The number of nitrogens with one attached hydrogen (secondary N) is 1. The molecule has 0 fully saturated rings. The summed E-state index contributed by atoms with van der Waals surface area (Å²) >= 11 is 1.52. The Morgan fingerprint density at radius 1 is 1.19 bits per heavy atom. The maximum Gasteiger partial charge on any atom is 0.573 e. The molecule has 142 valence electrons. The fraction of sp³-hybridized carbons (Fsp3) is 0.167. The van der Waals surface area contributed by atoms with Gasteiger partial charge >= 0.3 is 6.36 Å². The van der Waals surface area contributed by atoms with Gasteiger partial charge in [0.15, 0.2) is 0 Å². The van der Waals surface area contributed by atoms with Crippen molar-refractivity contribution in [1.29, 1.82) is 0 Å². The van der Waals surface area contributed by atoms with E-state index >= 15 is 0 Å². The quantitative estimate of drug-likeness (QED) is 0.648. The van der Waals surface area contributed by atoms with Gasteiger partial charge in [-0.25, -0.2) is 0 Å². The molecule has 0 saturated carbocycles. The zero-order valence-corrected chi connectivity index (χ0v) is 14.5. The molecule has 27 heavy (non-hydrogen) atoms. The van der Waals surface area contributed by atoms with Crippen LogP contribution in [0, 0.1) is 0 Å². The average molecular weight is 397 g/mol. The number of aliphatic hydroxyl groups excluding tert-OH is 1. The molecule has 0 saturated heterocycles. The van der Waals surface area contributed by atoms with E-state index in [1.54, 1.807) is 12.1 Å². The highest BCUT2D eigenvalue weighted by Crippen LogP contribution is 2.27. The van der Waals surface area contributed by atoms with E-state index in [1.165, 1.54) is 23.5 Å². The lowest BCUT2D eigenvalue weighted by Crippen LogP contribution is -2.28. The van der Waals surface area contributed by atoms with Crippen LogP contribution in [0.25, 0.3) is 11.3 Å². The van der Waals surface area contributed by atoms with Crippen LogP contribution in [0.5, 0.6) is 5.75 Å². The predicted molar refractivity (Wildman–Crippen MR) is 92.4 cm³/mol. The Kier molecular flexibility index (Phi) is 5.52. The van der Waals surface area contributed by atoms with Crippen LogP contribution < -0.4 is 10.1 Å². The first-order valence-electron chi connectivity index (χ1n) is 7.76. The number of carbonyl (C=O) groups excluding carboxylic acids is 1. The molecule has 0 spiro atoms. The Labute approximate surface area is 156 Å². The summed E-state index contributed by atoms with van der Waals surface area (Å²) in [5.74, 6) is -0.0600. The number of aliphatic hydroxyl groups is 1. The third-order valence-corrected chi connectivity index (χ3v) is 4.25. The molecular formula is C18H14F3NO4S. The molecule has 5 nitrogen and oxygen atoms in total. The fourth-order valence-corrected chi connectivity index (χ4v) is 2.94. The van der Waals surface area contributed by atoms with Crippen molar-refractivity contribution in [1.82, 2.24) is 5.32 Å². The van der Waals surface area contributed by atoms with E-state index in [0.29, 0.717) is 11.5 Å². The predicted octanol–water partition coefficient (Wildman–Crippen LogP) is 4.37. The SMILES string of the molecule is O=C(NC[C@H](O)c1ccc(-c2ccsc2)o1)c1ccc(OC(F)(F)F)cc1. The molecule has 0 unspecified atom stereocenters. The number of hydrogen-bond donors (Lipinski definition) is 2. The second kappa shape index (κ2) is 7.85. The molecule has 2 heterocycles. The van der Waals surface area contributed by atoms with Gasteiger partial charge in [-0.15, -0.1) is 13.2 Å². The molecule has 0 bridgehead atoms. The molecule has 0 aliphatic rings. The number of rotatable bonds is 6. The smallest absolute Gasteiger partial charge is 0.458 e. The Balaban J connectivity index is 1.55. The highest BCUT2D eigenvalue weighted by atomic mass is 32.1. The largest absolute Gasteiger partial charge is 0.573 e. The molecule has 0 aliphatic carbocycles. The molecule has 3 aromatic rings. The van der Waals surface area contributed by atoms with Crippen molar-refractivity contribution < 1.29 is 32.2 Å². The molecule has 0 aliphatic heterocycles. The van der Waals surface area contributed by atoms with Crippen LogP contribution >= 0.6 is 11.3 Å². The summed E-state index contributed by atoms with van der Waals surface area (Å²) in [5, 5.41) is 16.5. The minimum absolute atomic E-state index is 0.115. The summed E-state index contributed by atoms with van der Waals surface area (Å²) < 4.78 is 45.7. The van der Waals surface area contributed by atoms with Crippen molar-refractivity contribution >= 4 is 17.2 Å². The van der Waals surface area contributed by atoms with Crippen LogP contribution in [0.15, 0.2) is 57.6 Å². The van der Waals surface area contributed by atoms with Crippen LogP contribution in [-0.2, 0) is 0 Å². The standard InChI is InChI=1S/C18H14F3NO4S/c19-18(20,21)26-13-3-1-11(2-4-13)17(24)22-9-14(23)16-6-5-15(25-16)12-7-8-27-10-12/h1-8,10,14,23H,9H2,(H,22,24)/t14-/m0/s1. The number of thiophene rings is 1. The van der Waals surface area contributed by atoms with Crippen LogP contribution in [0.2, 0.25) is 0 Å². The number of halogens is 3. The summed E-state index contributed by atoms with van der Waals surface area (Å²) in [6, 6.07) is 9.70. The van der Waals surface area contributed by atoms with Gasteiger partial charge in [-0.05, 0) is 47.8 Å². The van der Waals surface area contributed by atoms with E-state index in [4.69, 9.17) is 4.42 Å². The summed E-state index contributed by atoms with van der Waals surface area (Å²) in [5.41, 5.74) is 1.03. The first-order chi connectivity index (χ1) is 12.8. The number of amides is 1. The first kappa shape index (κ1) is 19.0. The van der Waals surface area contributed by atoms with Crippen LogP contribution in [0.4, 0.5) is 13.2 Å². The Hall–Kier alpha value is -2.78. The van der Waals surface area contributed by atoms with Crippen LogP contribution in [0.1, 0.15) is 22.2 Å². The third-order valence-electron chi connectivity index (χ3n) is 3.57. The van der Waals surface area contributed by atoms with Crippen molar-refractivity contribution in [2.75, 3.05) is 6.54 Å². The second-order valence-corrected chi connectivity index (χ2v) is 6.29. The Morgan fingerprint density at radius 2 is 1.93 bits per heavy atom. The summed E-state index contributed by atoms with van der Waals surface area (Å²) in [7, 11) is 0. The lowest BCUT2D eigenvalue weighted by molar-refractivity contribution is -0.274. The van der Waals surface area contributed by atoms with Gasteiger partial charge in [0.05, 0.1) is 6.54 Å². The zero-order chi connectivity index (χ0) is 19.4. The van der Waals surface area contributed by atoms with Crippen molar-refractivity contribution in [3.63, 3.8) is 0 Å². The third kappa shape index (κ3) is 5.11. The van der Waals surface area contributed by atoms with Gasteiger partial charge in [-0.1, -0.05) is 0 Å². The zero-order valence-electron chi connectivity index (χ0n) is 13.7. The van der Waals surface area contributed by atoms with Gasteiger partial charge in [0.2, 0.25) is 0 Å². The number of benzene rings is 1. The van der Waals surface area contributed by atoms with Gasteiger partial charge in [0, 0.05) is 16.5 Å². The molecule has 0 radical (unpaired) electrons. The Bertz CT molecular complexity index is 888. The van der Waals surface area contributed by atoms with Crippen molar-refractivity contribution in [3.8, 4) is 17.1 Å². The van der Waals surface area contributed by atoms with Gasteiger partial charge in [-0.3, -0.25) is 4.79 Å². The van der Waals surface area contributed by atoms with E-state index in [0.717, 1.165) is 17.7 Å². The highest BCUT2D eigenvalue weighted by molar-refractivity contribution is 7.08. The number of ether oxygens (including phenoxy) is 1. The van der Waals surface area contributed by atoms with E-state index in [1.807, 2.05) is 16.8 Å². The summed E-state index contributed by atoms with van der Waals surface area (Å²) in [6.07, 6.45) is -5.85. The average Bonchev–Trinajstić information content (AvgIpc) is 3.29. The molecule has 2 aromatic heterocycles. The number of carbonyl (C=O) groups is 1. The van der Waals surface area contributed by atoms with Crippen LogP contribution in [-0.4, -0.2) is 23.9 Å². The molecule has 1 amide bonds. The number of hydrogen-bond acceptors (Lipinski definition) is 5. The number of alkyl halides is 3. The van der Waals surface area contributed by atoms with Gasteiger partial charge < -0.3 is 19.6 Å². The van der Waals surface area contributed by atoms with Gasteiger partial charge in [-0.2, -0.15) is 11.3 Å². The topological polar surface area (TPSA) is 71.7 Å². The lowest BCUT2D eigenvalue weighted by atomic mass is 10.2. The van der Waals surface area contributed by atoms with E-state index in [9.17, 15) is 23.1 Å². The second-order valence-electron chi connectivity index (χ2n) is 5.51. The van der Waals surface area contributed by atoms with Gasteiger partial charge in [0.1, 0.15) is 23.4 Å². The lowest BCUT2D eigenvalue weighted by Gasteiger charge is -2.11. The van der Waals surface area contributed by atoms with Crippen LogP contribution in [0.3, 0.4) is 0 Å². The molecule has 3 rings (SSSR count). The molecule has 1 aromatic carbocycles. The summed E-state index contributed by atoms with van der Waals surface area (Å²) in [6.45, 7) is -0.115. The minimum Gasteiger partial charge on any atom is -0.458 e. The maximum absolute atomic E-state index is 12.1. The highest BCUT2D eigenvalue weighted by Gasteiger charge is 2.31. The van der Waals surface area contributed by atoms with E-state index in [-0.39, 0.29) is 12.1 Å². The van der Waals surface area contributed by atoms with Crippen molar-refractivity contribution in [2.45, 2.75) is 12.5 Å². The van der Waals surface area contributed by atoms with Crippen molar-refractivity contribution in [2.24, 2.45) is 0 Å². The van der Waals surface area contributed by atoms with Crippen molar-refractivity contribution in [3.05, 3.63) is 64.5 Å². The van der Waals surface area contributed by atoms with E-state index in [2.05, 4.69) is 10.1 Å². The summed E-state index contributed by atoms with van der Waals surface area (Å²) in [4.78, 5) is 12.1.